The molecule has 4 nitrogen and oxygen atoms in total. The molecule has 0 spiro atoms. The Morgan fingerprint density at radius 3 is 2.03 bits per heavy atom. The van der Waals surface area contributed by atoms with Gasteiger partial charge in [-0.05, 0) is 36.0 Å². The van der Waals surface area contributed by atoms with Gasteiger partial charge in [0.25, 0.3) is 5.91 Å². The van der Waals surface area contributed by atoms with Crippen LogP contribution in [0.25, 0.3) is 0 Å². The van der Waals surface area contributed by atoms with Crippen molar-refractivity contribution in [3.63, 3.8) is 0 Å². The number of anilines is 1. The van der Waals surface area contributed by atoms with E-state index in [1.807, 2.05) is 5.32 Å². The Kier molecular flexibility index (Phi) is 7.30. The molecule has 2 N–H and O–H groups in total. The van der Waals surface area contributed by atoms with Gasteiger partial charge in [-0.3, -0.25) is 10.1 Å². The quantitative estimate of drug-likeness (QED) is 0.399. The molecule has 29 heavy (non-hydrogen) atoms. The first kappa shape index (κ1) is 23.2. The van der Waals surface area contributed by atoms with E-state index in [-0.39, 0.29) is 5.69 Å². The van der Waals surface area contributed by atoms with E-state index in [4.69, 9.17) is 23.2 Å². The van der Waals surface area contributed by atoms with E-state index < -0.39 is 67.5 Å². The molecular weight excluding hydrogens is 469 g/mol. The third-order valence-electron chi connectivity index (χ3n) is 3.17. The van der Waals surface area contributed by atoms with Crippen LogP contribution in [0.3, 0.4) is 0 Å². The Morgan fingerprint density at radius 2 is 1.55 bits per heavy atom. The first-order valence-corrected chi connectivity index (χ1v) is 8.90. The van der Waals surface area contributed by atoms with E-state index >= 15 is 0 Å². The van der Waals surface area contributed by atoms with Crippen LogP contribution in [0.5, 0.6) is 0 Å². The molecule has 0 saturated heterocycles. The van der Waals surface area contributed by atoms with Crippen molar-refractivity contribution in [3.8, 4) is 0 Å². The predicted molar refractivity (Wildman–Crippen MR) is 96.1 cm³/mol. The lowest BCUT2D eigenvalue weighted by Crippen LogP contribution is -2.35. The second kappa shape index (κ2) is 9.14. The number of nitrogens with one attached hydrogen (secondary N) is 2. The highest BCUT2D eigenvalue weighted by Gasteiger charge is 2.43. The van der Waals surface area contributed by atoms with E-state index in [9.17, 15) is 35.9 Å². The number of halogens is 8. The molecule has 0 aromatic heterocycles. The summed E-state index contributed by atoms with van der Waals surface area (Å²) in [6.07, 6.45) is -3.98. The van der Waals surface area contributed by atoms with Crippen LogP contribution in [0.1, 0.15) is 10.4 Å². The number of alkyl halides is 4. The number of hydrogen-bond acceptors (Lipinski definition) is 3. The van der Waals surface area contributed by atoms with Gasteiger partial charge in [0.15, 0.2) is 0 Å². The Hall–Kier alpha value is -2.11. The van der Waals surface area contributed by atoms with Crippen molar-refractivity contribution >= 4 is 52.6 Å². The molecule has 0 saturated carbocycles. The molecule has 2 aromatic rings. The van der Waals surface area contributed by atoms with Gasteiger partial charge < -0.3 is 5.32 Å². The zero-order chi connectivity index (χ0) is 21.9. The summed E-state index contributed by atoms with van der Waals surface area (Å²) in [5.41, 5.74) is -1.20. The Balaban J connectivity index is 2.14. The molecule has 0 aliphatic heterocycles. The lowest BCUT2D eigenvalue weighted by Gasteiger charge is -2.17. The summed E-state index contributed by atoms with van der Waals surface area (Å²) in [6, 6.07) is 3.20. The van der Waals surface area contributed by atoms with Gasteiger partial charge in [-0.15, -0.1) is 0 Å². The number of hydrogen-bond donors (Lipinski definition) is 2. The minimum atomic E-state index is -4.46. The van der Waals surface area contributed by atoms with E-state index in [2.05, 4.69) is 0 Å². The Morgan fingerprint density at radius 1 is 1.03 bits per heavy atom. The number of imide groups is 1. The van der Waals surface area contributed by atoms with Crippen LogP contribution in [-0.4, -0.2) is 23.6 Å². The first-order chi connectivity index (χ1) is 13.4. The maximum Gasteiger partial charge on any atom is 0.357 e. The summed E-state index contributed by atoms with van der Waals surface area (Å²) in [6.45, 7) is 0. The monoisotopic (exact) mass is 476 g/mol. The number of thioether (sulfide) groups is 1. The number of amides is 3. The zero-order valence-corrected chi connectivity index (χ0v) is 16.0. The van der Waals surface area contributed by atoms with Gasteiger partial charge in [-0.2, -0.15) is 8.78 Å². The van der Waals surface area contributed by atoms with Crippen molar-refractivity contribution in [2.24, 2.45) is 0 Å². The molecule has 2 rings (SSSR count). The molecule has 0 heterocycles. The normalized spacial score (nSPS) is 11.5. The van der Waals surface area contributed by atoms with Crippen molar-refractivity contribution < 1.29 is 35.9 Å². The Bertz CT molecular complexity index is 918. The first-order valence-electron chi connectivity index (χ1n) is 7.32. The topological polar surface area (TPSA) is 58.2 Å². The summed E-state index contributed by atoms with van der Waals surface area (Å²) in [4.78, 5) is 23.1. The van der Waals surface area contributed by atoms with E-state index in [1.165, 1.54) is 0 Å². The van der Waals surface area contributed by atoms with Crippen LogP contribution in [0, 0.1) is 11.6 Å². The summed E-state index contributed by atoms with van der Waals surface area (Å²) < 4.78 is 78.1. The van der Waals surface area contributed by atoms with Crippen molar-refractivity contribution in [1.29, 1.82) is 0 Å². The maximum absolute atomic E-state index is 13.5. The van der Waals surface area contributed by atoms with Crippen molar-refractivity contribution in [3.05, 3.63) is 57.6 Å². The van der Waals surface area contributed by atoms with Gasteiger partial charge in [0.05, 0.1) is 14.9 Å². The number of benzene rings is 2. The van der Waals surface area contributed by atoms with Crippen molar-refractivity contribution in [1.82, 2.24) is 5.32 Å². The van der Waals surface area contributed by atoms with E-state index in [0.717, 1.165) is 30.3 Å². The fourth-order valence-corrected chi connectivity index (χ4v) is 3.35. The van der Waals surface area contributed by atoms with Crippen molar-refractivity contribution in [2.75, 3.05) is 5.32 Å². The smallest absolute Gasteiger partial charge is 0.308 e. The number of urea groups is 1. The molecule has 2 aromatic carbocycles. The van der Waals surface area contributed by atoms with E-state index in [1.54, 1.807) is 5.32 Å². The molecule has 0 aliphatic rings. The second-order valence-electron chi connectivity index (χ2n) is 5.24. The molecule has 0 unspecified atom stereocenters. The van der Waals surface area contributed by atoms with Crippen molar-refractivity contribution in [2.45, 2.75) is 16.6 Å². The minimum absolute atomic E-state index is 0.205. The number of carbonyl (C=O) groups excluding carboxylic acids is 2. The zero-order valence-electron chi connectivity index (χ0n) is 13.7. The standard InChI is InChI=1S/C16H8Cl2F6N2O2S/c17-7-4-6(5-8(18)12(7)29-16(23,24)14(21)22)25-15(28)26-13(27)11-9(19)2-1-3-10(11)20/h1-5,14H,(H2,25,26,27,28). The molecule has 13 heteroatoms. The molecule has 156 valence electrons. The highest BCUT2D eigenvalue weighted by Crippen LogP contribution is 2.46. The third kappa shape index (κ3) is 5.71. The molecule has 0 atom stereocenters. The molecule has 0 bridgehead atoms. The highest BCUT2D eigenvalue weighted by molar-refractivity contribution is 8.00. The highest BCUT2D eigenvalue weighted by atomic mass is 35.5. The van der Waals surface area contributed by atoms with Gasteiger partial charge in [0.2, 0.25) is 0 Å². The summed E-state index contributed by atoms with van der Waals surface area (Å²) in [5, 5.41) is -1.73. The van der Waals surface area contributed by atoms with Gasteiger partial charge >= 0.3 is 17.7 Å². The van der Waals surface area contributed by atoms with Gasteiger partial charge in [-0.1, -0.05) is 29.3 Å². The predicted octanol–water partition coefficient (Wildman–Crippen LogP) is 6.18. The van der Waals surface area contributed by atoms with Crippen LogP contribution < -0.4 is 10.6 Å². The largest absolute Gasteiger partial charge is 0.357 e. The van der Waals surface area contributed by atoms with Crippen LogP contribution in [0.15, 0.2) is 35.2 Å². The second-order valence-corrected chi connectivity index (χ2v) is 7.21. The van der Waals surface area contributed by atoms with Crippen LogP contribution in [-0.2, 0) is 0 Å². The molecule has 3 amide bonds. The lowest BCUT2D eigenvalue weighted by molar-refractivity contribution is -0.0563. The van der Waals surface area contributed by atoms with Crippen LogP contribution in [0.2, 0.25) is 10.0 Å². The van der Waals surface area contributed by atoms with Gasteiger partial charge in [0.1, 0.15) is 17.2 Å². The van der Waals surface area contributed by atoms with Gasteiger partial charge in [0, 0.05) is 5.69 Å². The van der Waals surface area contributed by atoms with Crippen LogP contribution in [0.4, 0.5) is 36.8 Å². The lowest BCUT2D eigenvalue weighted by atomic mass is 10.2. The number of rotatable bonds is 5. The SMILES string of the molecule is O=C(NC(=O)c1c(F)cccc1F)Nc1cc(Cl)c(SC(F)(F)C(F)F)c(Cl)c1. The van der Waals surface area contributed by atoms with Crippen LogP contribution >= 0.6 is 35.0 Å². The molecule has 0 radical (unpaired) electrons. The third-order valence-corrected chi connectivity index (χ3v) is 5.08. The van der Waals surface area contributed by atoms with E-state index in [0.29, 0.717) is 0 Å². The number of carbonyl (C=O) groups is 2. The summed E-state index contributed by atoms with van der Waals surface area (Å²) >= 11 is 10.9. The fraction of sp³-hybridized carbons (Fsp3) is 0.125. The van der Waals surface area contributed by atoms with Gasteiger partial charge in [-0.25, -0.2) is 22.4 Å². The minimum Gasteiger partial charge on any atom is -0.308 e. The summed E-state index contributed by atoms with van der Waals surface area (Å²) in [5.74, 6) is -3.80. The molecule has 0 aliphatic carbocycles. The molecule has 0 fully saturated rings. The fourth-order valence-electron chi connectivity index (χ4n) is 1.95. The maximum atomic E-state index is 13.5. The molecular formula is C16H8Cl2F6N2O2S. The Labute approximate surface area is 173 Å². The average Bonchev–Trinajstić information content (AvgIpc) is 2.57. The summed E-state index contributed by atoms with van der Waals surface area (Å²) in [7, 11) is 0. The average molecular weight is 477 g/mol.